The van der Waals surface area contributed by atoms with Crippen LogP contribution in [0.1, 0.15) is 53.4 Å². The van der Waals surface area contributed by atoms with Crippen molar-refractivity contribution >= 4 is 22.8 Å². The highest BCUT2D eigenvalue weighted by molar-refractivity contribution is 6.18. The molecule has 0 N–H and O–H groups in total. The topological polar surface area (TPSA) is 86.4 Å². The molecule has 0 saturated heterocycles. The van der Waals surface area contributed by atoms with E-state index in [-0.39, 0.29) is 0 Å². The second kappa shape index (κ2) is 12.8. The van der Waals surface area contributed by atoms with Crippen LogP contribution in [-0.2, 0) is 18.9 Å². The van der Waals surface area contributed by atoms with E-state index in [4.69, 9.17) is 38.9 Å². The molecule has 0 atom stereocenters. The Morgan fingerprint density at radius 2 is 1.05 bits per heavy atom. The third kappa shape index (κ3) is 6.01. The lowest BCUT2D eigenvalue weighted by Crippen LogP contribution is -2.15. The minimum absolute atomic E-state index is 0.482. The van der Waals surface area contributed by atoms with Gasteiger partial charge in [0.25, 0.3) is 0 Å². The molecule has 5 aliphatic rings. The van der Waals surface area contributed by atoms with Gasteiger partial charge in [0.2, 0.25) is 0 Å². The molecule has 40 heavy (non-hydrogen) atoms. The monoisotopic (exact) mass is 540 g/mol. The summed E-state index contributed by atoms with van der Waals surface area (Å²) in [7, 11) is 0. The van der Waals surface area contributed by atoms with Crippen LogP contribution in [0.2, 0.25) is 0 Å². The zero-order valence-corrected chi connectivity index (χ0v) is 23.7. The minimum Gasteiger partial charge on any atom is -0.491 e. The quantitative estimate of drug-likeness (QED) is 0.279. The number of nitrogens with zero attached hydrogens (tertiary/aromatic N) is 4. The van der Waals surface area contributed by atoms with Gasteiger partial charge in [-0.05, 0) is 68.2 Å². The fourth-order valence-electron chi connectivity index (χ4n) is 4.36. The van der Waals surface area contributed by atoms with Crippen molar-refractivity contribution in [2.75, 3.05) is 26.4 Å². The molecule has 0 amide bonds. The van der Waals surface area contributed by atoms with Gasteiger partial charge in [0.15, 0.2) is 28.7 Å². The molecule has 8 bridgehead atoms. The molecule has 0 spiro atoms. The van der Waals surface area contributed by atoms with Crippen LogP contribution < -0.4 is 0 Å². The first-order chi connectivity index (χ1) is 19.6. The van der Waals surface area contributed by atoms with Crippen LogP contribution in [0, 0.1) is 0 Å². The van der Waals surface area contributed by atoms with E-state index in [2.05, 4.69) is 27.7 Å². The van der Waals surface area contributed by atoms with E-state index in [0.717, 1.165) is 54.2 Å². The molecule has 0 aromatic carbocycles. The normalized spacial score (nSPS) is 19.1. The lowest BCUT2D eigenvalue weighted by Gasteiger charge is -2.17. The Kier molecular flexibility index (Phi) is 8.74. The molecule has 8 nitrogen and oxygen atoms in total. The lowest BCUT2D eigenvalue weighted by molar-refractivity contribution is 0.169. The van der Waals surface area contributed by atoms with E-state index in [1.165, 1.54) is 0 Å². The molecule has 208 valence electrons. The zero-order chi connectivity index (χ0) is 27.9. The Bertz CT molecular complexity index is 1420. The maximum Gasteiger partial charge on any atom is 0.193 e. The van der Waals surface area contributed by atoms with Gasteiger partial charge in [0, 0.05) is 6.08 Å². The van der Waals surface area contributed by atoms with Crippen molar-refractivity contribution in [1.29, 1.82) is 0 Å². The molecule has 0 fully saturated rings. The van der Waals surface area contributed by atoms with Crippen LogP contribution in [0.5, 0.6) is 0 Å². The standard InChI is InChI=1S/C32H36N4O4/c1-5-13-37-27-20-25-18-23-10-9-21(33-23)17-22-11-12-24(34-22)19-26-30(38-14-6-2)32(40-16-8-4)29(36-26)31(28(27)35-25)39-15-7-3/h9-12,17-20H,5-8,13-16H2,1-4H3. The summed E-state index contributed by atoms with van der Waals surface area (Å²) in [5.74, 6) is 2.27. The summed E-state index contributed by atoms with van der Waals surface area (Å²) in [6.45, 7) is 10.4. The Hall–Kier alpha value is -4.20. The van der Waals surface area contributed by atoms with Crippen molar-refractivity contribution < 1.29 is 18.9 Å². The average molecular weight is 541 g/mol. The molecule has 8 heteroatoms. The Labute approximate surface area is 236 Å². The van der Waals surface area contributed by atoms with E-state index in [9.17, 15) is 0 Å². The van der Waals surface area contributed by atoms with Crippen LogP contribution in [-0.4, -0.2) is 49.3 Å². The number of ether oxygens (including phenoxy) is 4. The van der Waals surface area contributed by atoms with Gasteiger partial charge < -0.3 is 18.9 Å². The highest BCUT2D eigenvalue weighted by Crippen LogP contribution is 2.35. The second-order valence-corrected chi connectivity index (χ2v) is 9.64. The molecular formula is C32H36N4O4. The van der Waals surface area contributed by atoms with E-state index in [1.807, 2.05) is 48.6 Å². The number of hydrogen-bond acceptors (Lipinski definition) is 8. The fourth-order valence-corrected chi connectivity index (χ4v) is 4.36. The summed E-state index contributed by atoms with van der Waals surface area (Å²) in [6.07, 6.45) is 19.0. The summed E-state index contributed by atoms with van der Waals surface area (Å²) in [4.78, 5) is 19.5. The molecule has 5 heterocycles. The second-order valence-electron chi connectivity index (χ2n) is 9.64. The van der Waals surface area contributed by atoms with Crippen LogP contribution in [0.3, 0.4) is 0 Å². The Balaban J connectivity index is 1.75. The summed E-state index contributed by atoms with van der Waals surface area (Å²) < 4.78 is 25.2. The van der Waals surface area contributed by atoms with Crippen molar-refractivity contribution in [3.8, 4) is 0 Å². The van der Waals surface area contributed by atoms with Gasteiger partial charge in [0.1, 0.15) is 11.4 Å². The maximum atomic E-state index is 6.40. The average Bonchev–Trinajstić information content (AvgIpc) is 3.74. The Morgan fingerprint density at radius 3 is 1.70 bits per heavy atom. The van der Waals surface area contributed by atoms with Gasteiger partial charge in [-0.15, -0.1) is 0 Å². The first-order valence-electron chi connectivity index (χ1n) is 14.2. The van der Waals surface area contributed by atoms with Crippen molar-refractivity contribution in [1.82, 2.24) is 0 Å². The number of allylic oxidation sites excluding steroid dienone is 8. The summed E-state index contributed by atoms with van der Waals surface area (Å²) in [6, 6.07) is 0. The predicted molar refractivity (Wildman–Crippen MR) is 159 cm³/mol. The highest BCUT2D eigenvalue weighted by atomic mass is 16.5. The van der Waals surface area contributed by atoms with Crippen molar-refractivity contribution in [2.24, 2.45) is 20.0 Å². The molecule has 0 aliphatic carbocycles. The molecule has 0 unspecified atom stereocenters. The van der Waals surface area contributed by atoms with Gasteiger partial charge >= 0.3 is 0 Å². The maximum absolute atomic E-state index is 6.40. The number of rotatable bonds is 12. The van der Waals surface area contributed by atoms with Gasteiger partial charge in [0.05, 0.1) is 54.9 Å². The van der Waals surface area contributed by atoms with Crippen LogP contribution in [0.25, 0.3) is 0 Å². The summed E-state index contributed by atoms with van der Waals surface area (Å²) >= 11 is 0. The van der Waals surface area contributed by atoms with E-state index < -0.39 is 0 Å². The summed E-state index contributed by atoms with van der Waals surface area (Å²) in [5.41, 5.74) is 5.69. The van der Waals surface area contributed by atoms with Crippen molar-refractivity contribution in [3.05, 3.63) is 94.4 Å². The van der Waals surface area contributed by atoms with Crippen LogP contribution in [0.4, 0.5) is 0 Å². The highest BCUT2D eigenvalue weighted by Gasteiger charge is 2.34. The van der Waals surface area contributed by atoms with E-state index >= 15 is 0 Å². The molecule has 5 rings (SSSR count). The largest absolute Gasteiger partial charge is 0.491 e. The number of aliphatic imine (C=N–C) groups is 4. The fraction of sp³-hybridized carbons (Fsp3) is 0.375. The zero-order valence-electron chi connectivity index (χ0n) is 23.7. The molecular weight excluding hydrogens is 504 g/mol. The molecule has 0 aromatic heterocycles. The predicted octanol–water partition coefficient (Wildman–Crippen LogP) is 6.60. The molecule has 0 radical (unpaired) electrons. The summed E-state index contributed by atoms with van der Waals surface area (Å²) in [5, 5.41) is 0. The molecule has 0 aromatic rings. The SMILES string of the molecule is CCCOC1=CC2=CC3=NC(=CC4=NC(=CC5=NC(=C(OCCC)C1=N2)C(OCCC)=C5OCCC)C=C4)C=C3. The van der Waals surface area contributed by atoms with E-state index in [1.54, 1.807) is 0 Å². The van der Waals surface area contributed by atoms with Crippen LogP contribution >= 0.6 is 0 Å². The minimum atomic E-state index is 0.482. The van der Waals surface area contributed by atoms with Gasteiger partial charge in [-0.1, -0.05) is 27.7 Å². The smallest absolute Gasteiger partial charge is 0.193 e. The lowest BCUT2D eigenvalue weighted by atomic mass is 10.2. The number of hydrogen-bond donors (Lipinski definition) is 0. The molecule has 0 saturated carbocycles. The third-order valence-corrected chi connectivity index (χ3v) is 6.13. The Morgan fingerprint density at radius 1 is 0.500 bits per heavy atom. The van der Waals surface area contributed by atoms with Gasteiger partial charge in [-0.2, -0.15) is 0 Å². The molecule has 5 aliphatic heterocycles. The first-order valence-corrected chi connectivity index (χ1v) is 14.2. The number of fused-ring (bicyclic) bond motifs is 4. The van der Waals surface area contributed by atoms with E-state index in [0.29, 0.717) is 66.6 Å². The van der Waals surface area contributed by atoms with Gasteiger partial charge in [-0.3, -0.25) is 0 Å². The van der Waals surface area contributed by atoms with Gasteiger partial charge in [-0.25, -0.2) is 20.0 Å². The van der Waals surface area contributed by atoms with Crippen molar-refractivity contribution in [2.45, 2.75) is 53.4 Å². The first kappa shape index (κ1) is 27.4. The van der Waals surface area contributed by atoms with Crippen molar-refractivity contribution in [3.63, 3.8) is 0 Å². The third-order valence-electron chi connectivity index (χ3n) is 6.13. The van der Waals surface area contributed by atoms with Crippen LogP contribution in [0.15, 0.2) is 114 Å².